The Balaban J connectivity index is 1.98. The fourth-order valence-electron chi connectivity index (χ4n) is 2.77. The lowest BCUT2D eigenvalue weighted by molar-refractivity contribution is -0.385. The van der Waals surface area contributed by atoms with Crippen LogP contribution in [0.25, 0.3) is 11.1 Å². The van der Waals surface area contributed by atoms with Crippen LogP contribution < -0.4 is 4.74 Å². The number of benzene rings is 3. The van der Waals surface area contributed by atoms with Crippen molar-refractivity contribution in [1.82, 2.24) is 0 Å². The second kappa shape index (κ2) is 8.22. The molecule has 0 saturated heterocycles. The Morgan fingerprint density at radius 3 is 2.14 bits per heavy atom. The fourth-order valence-corrected chi connectivity index (χ4v) is 2.77. The zero-order valence-corrected chi connectivity index (χ0v) is 14.9. The van der Waals surface area contributed by atoms with E-state index in [1.165, 1.54) is 30.3 Å². The molecule has 8 heteroatoms. The molecule has 0 fully saturated rings. The number of carbonyl (C=O) groups is 2. The second-order valence-corrected chi connectivity index (χ2v) is 6.07. The van der Waals surface area contributed by atoms with Crippen molar-refractivity contribution in [2.45, 2.75) is 6.61 Å². The van der Waals surface area contributed by atoms with Crippen molar-refractivity contribution in [3.8, 4) is 16.9 Å². The zero-order chi connectivity index (χ0) is 21.0. The molecule has 0 atom stereocenters. The van der Waals surface area contributed by atoms with Crippen LogP contribution in [0.15, 0.2) is 66.7 Å². The van der Waals surface area contributed by atoms with Crippen molar-refractivity contribution < 1.29 is 29.5 Å². The van der Waals surface area contributed by atoms with Gasteiger partial charge < -0.3 is 14.9 Å². The van der Waals surface area contributed by atoms with Gasteiger partial charge in [0.2, 0.25) is 0 Å². The van der Waals surface area contributed by atoms with Gasteiger partial charge in [-0.05, 0) is 42.0 Å². The summed E-state index contributed by atoms with van der Waals surface area (Å²) in [6, 6.07) is 16.4. The van der Waals surface area contributed by atoms with Gasteiger partial charge in [0.15, 0.2) is 0 Å². The molecule has 0 aliphatic carbocycles. The Bertz CT molecular complexity index is 1090. The predicted octanol–water partition coefficient (Wildman–Crippen LogP) is 4.24. The minimum absolute atomic E-state index is 0.00605. The van der Waals surface area contributed by atoms with E-state index in [1.807, 2.05) is 0 Å². The quantitative estimate of drug-likeness (QED) is 0.454. The van der Waals surface area contributed by atoms with Crippen LogP contribution in [0.3, 0.4) is 0 Å². The van der Waals surface area contributed by atoms with E-state index < -0.39 is 16.9 Å². The molecule has 0 aliphatic rings. The van der Waals surface area contributed by atoms with Crippen molar-refractivity contribution in [3.05, 3.63) is 93.5 Å². The van der Waals surface area contributed by atoms with E-state index in [9.17, 15) is 24.8 Å². The molecule has 8 nitrogen and oxygen atoms in total. The van der Waals surface area contributed by atoms with Crippen molar-refractivity contribution in [3.63, 3.8) is 0 Å². The zero-order valence-electron chi connectivity index (χ0n) is 14.9. The number of nitrogens with zero attached hydrogens (tertiary/aromatic N) is 1. The molecule has 0 saturated carbocycles. The van der Waals surface area contributed by atoms with Crippen LogP contribution in [0.1, 0.15) is 26.3 Å². The van der Waals surface area contributed by atoms with Crippen molar-refractivity contribution in [2.75, 3.05) is 0 Å². The molecule has 29 heavy (non-hydrogen) atoms. The Hall–Kier alpha value is -4.20. The highest BCUT2D eigenvalue weighted by molar-refractivity contribution is 5.91. The number of hydrogen-bond donors (Lipinski definition) is 2. The average Bonchev–Trinajstić information content (AvgIpc) is 2.72. The summed E-state index contributed by atoms with van der Waals surface area (Å²) in [7, 11) is 0. The van der Waals surface area contributed by atoms with Gasteiger partial charge in [-0.3, -0.25) is 10.1 Å². The number of carboxylic acid groups (broad SMARTS) is 2. The number of rotatable bonds is 7. The van der Waals surface area contributed by atoms with E-state index in [0.29, 0.717) is 16.7 Å². The molecule has 0 bridgehead atoms. The third-order valence-electron chi connectivity index (χ3n) is 4.24. The van der Waals surface area contributed by atoms with Gasteiger partial charge in [0.05, 0.1) is 21.6 Å². The topological polar surface area (TPSA) is 127 Å². The molecule has 2 N–H and O–H groups in total. The standard InChI is InChI=1S/C21H15NO7/c23-20(24)14-7-5-13(6-8-14)17-10-9-15(21(25)26)11-19(17)29-12-16-3-1-2-4-18(16)22(27)28/h1-11H,12H2,(H,23,24)(H,25,26). The van der Waals surface area contributed by atoms with Gasteiger partial charge in [0.25, 0.3) is 5.69 Å². The number of nitro benzene ring substituents is 1. The minimum Gasteiger partial charge on any atom is -0.488 e. The van der Waals surface area contributed by atoms with Gasteiger partial charge in [0.1, 0.15) is 12.4 Å². The maximum absolute atomic E-state index is 11.3. The second-order valence-electron chi connectivity index (χ2n) is 6.07. The van der Waals surface area contributed by atoms with Gasteiger partial charge >= 0.3 is 11.9 Å². The van der Waals surface area contributed by atoms with E-state index in [1.54, 1.807) is 36.4 Å². The maximum atomic E-state index is 11.3. The molecule has 0 heterocycles. The molecule has 0 spiro atoms. The molecule has 0 aromatic heterocycles. The number of carboxylic acids is 2. The molecular formula is C21H15NO7. The van der Waals surface area contributed by atoms with E-state index in [2.05, 4.69) is 0 Å². The van der Waals surface area contributed by atoms with Crippen molar-refractivity contribution in [1.29, 1.82) is 0 Å². The van der Waals surface area contributed by atoms with Gasteiger partial charge in [0, 0.05) is 11.6 Å². The van der Waals surface area contributed by atoms with Crippen LogP contribution in [0.5, 0.6) is 5.75 Å². The van der Waals surface area contributed by atoms with Gasteiger partial charge in [-0.25, -0.2) is 9.59 Å². The molecule has 3 aromatic rings. The lowest BCUT2D eigenvalue weighted by Gasteiger charge is -2.13. The highest BCUT2D eigenvalue weighted by atomic mass is 16.6. The van der Waals surface area contributed by atoms with Gasteiger partial charge in [-0.15, -0.1) is 0 Å². The van der Waals surface area contributed by atoms with E-state index in [-0.39, 0.29) is 29.2 Å². The molecule has 146 valence electrons. The van der Waals surface area contributed by atoms with E-state index >= 15 is 0 Å². The summed E-state index contributed by atoms with van der Waals surface area (Å²) < 4.78 is 5.75. The number of aromatic carboxylic acids is 2. The summed E-state index contributed by atoms with van der Waals surface area (Å²) in [6.07, 6.45) is 0. The Labute approximate surface area is 164 Å². The lowest BCUT2D eigenvalue weighted by atomic mass is 10.0. The van der Waals surface area contributed by atoms with Crippen LogP contribution in [0, 0.1) is 10.1 Å². The first kappa shape index (κ1) is 19.6. The molecule has 0 aliphatic heterocycles. The lowest BCUT2D eigenvalue weighted by Crippen LogP contribution is -2.03. The monoisotopic (exact) mass is 393 g/mol. The number of para-hydroxylation sites is 1. The Kier molecular flexibility index (Phi) is 5.54. The van der Waals surface area contributed by atoms with Crippen LogP contribution >= 0.6 is 0 Å². The normalized spacial score (nSPS) is 10.3. The molecule has 0 unspecified atom stereocenters. The summed E-state index contributed by atoms with van der Waals surface area (Å²) in [6.45, 7) is -0.138. The van der Waals surface area contributed by atoms with Crippen molar-refractivity contribution >= 4 is 17.6 Å². The summed E-state index contributed by atoms with van der Waals surface area (Å²) in [4.78, 5) is 33.0. The third-order valence-corrected chi connectivity index (χ3v) is 4.24. The third kappa shape index (κ3) is 4.38. The maximum Gasteiger partial charge on any atom is 0.335 e. The van der Waals surface area contributed by atoms with E-state index in [0.717, 1.165) is 0 Å². The summed E-state index contributed by atoms with van der Waals surface area (Å²) in [5, 5.41) is 29.5. The highest BCUT2D eigenvalue weighted by Gasteiger charge is 2.16. The average molecular weight is 393 g/mol. The first-order valence-electron chi connectivity index (χ1n) is 8.43. The van der Waals surface area contributed by atoms with Crippen molar-refractivity contribution in [2.24, 2.45) is 0 Å². The highest BCUT2D eigenvalue weighted by Crippen LogP contribution is 2.32. The fraction of sp³-hybridized carbons (Fsp3) is 0.0476. The molecule has 0 amide bonds. The SMILES string of the molecule is O=C(O)c1ccc(-c2ccc(C(=O)O)cc2OCc2ccccc2[N+](=O)[O-])cc1. The Morgan fingerprint density at radius 1 is 0.897 bits per heavy atom. The molecule has 3 rings (SSSR count). The Morgan fingerprint density at radius 2 is 1.52 bits per heavy atom. The number of hydrogen-bond acceptors (Lipinski definition) is 5. The van der Waals surface area contributed by atoms with Crippen LogP contribution in [-0.4, -0.2) is 27.1 Å². The summed E-state index contributed by atoms with van der Waals surface area (Å²) >= 11 is 0. The smallest absolute Gasteiger partial charge is 0.335 e. The van der Waals surface area contributed by atoms with Crippen LogP contribution in [-0.2, 0) is 6.61 Å². The first-order valence-corrected chi connectivity index (χ1v) is 8.43. The van der Waals surface area contributed by atoms with Gasteiger partial charge in [-0.1, -0.05) is 24.3 Å². The van der Waals surface area contributed by atoms with Crippen LogP contribution in [0.2, 0.25) is 0 Å². The van der Waals surface area contributed by atoms with E-state index in [4.69, 9.17) is 9.84 Å². The predicted molar refractivity (Wildman–Crippen MR) is 103 cm³/mol. The summed E-state index contributed by atoms with van der Waals surface area (Å²) in [5.74, 6) is -2.00. The largest absolute Gasteiger partial charge is 0.488 e. The molecular weight excluding hydrogens is 378 g/mol. The number of nitro groups is 1. The molecule has 0 radical (unpaired) electrons. The molecule has 3 aromatic carbocycles. The van der Waals surface area contributed by atoms with Crippen LogP contribution in [0.4, 0.5) is 5.69 Å². The summed E-state index contributed by atoms with van der Waals surface area (Å²) in [5.41, 5.74) is 1.49. The van der Waals surface area contributed by atoms with Gasteiger partial charge in [-0.2, -0.15) is 0 Å². The number of ether oxygens (including phenoxy) is 1. The first-order chi connectivity index (χ1) is 13.9. The minimum atomic E-state index is -1.15.